The minimum Gasteiger partial charge on any atom is -0.444 e. The molecular formula is C19H24N4O2. The Morgan fingerprint density at radius 1 is 1.48 bits per heavy atom. The number of nitriles is 1. The molecule has 2 heterocycles. The van der Waals surface area contributed by atoms with Crippen molar-refractivity contribution in [3.63, 3.8) is 0 Å². The highest BCUT2D eigenvalue weighted by Gasteiger charge is 2.43. The van der Waals surface area contributed by atoms with E-state index in [1.165, 1.54) is 0 Å². The summed E-state index contributed by atoms with van der Waals surface area (Å²) in [5.41, 5.74) is 8.55. The van der Waals surface area contributed by atoms with Gasteiger partial charge in [0.1, 0.15) is 17.4 Å². The van der Waals surface area contributed by atoms with Gasteiger partial charge in [-0.15, -0.1) is 0 Å². The number of hydrogen-bond acceptors (Lipinski definition) is 5. The van der Waals surface area contributed by atoms with Gasteiger partial charge in [-0.3, -0.25) is 9.48 Å². The molecule has 0 bridgehead atoms. The number of hydrogen-bond donors (Lipinski definition) is 1. The highest BCUT2D eigenvalue weighted by atomic mass is 16.5. The fraction of sp³-hybridized carbons (Fsp3) is 0.526. The molecule has 1 atom stereocenters. The van der Waals surface area contributed by atoms with Crippen LogP contribution in [0.1, 0.15) is 57.2 Å². The summed E-state index contributed by atoms with van der Waals surface area (Å²) >= 11 is 0. The van der Waals surface area contributed by atoms with Crippen LogP contribution in [-0.2, 0) is 16.1 Å². The molecule has 1 aliphatic heterocycles. The molecule has 2 aliphatic rings. The lowest BCUT2D eigenvalue weighted by Gasteiger charge is -2.37. The second kappa shape index (κ2) is 6.07. The molecule has 0 unspecified atom stereocenters. The number of Topliss-reactive ketones (excluding diaryl/α,β-unsaturated/α-hetero) is 1. The third-order valence-corrected chi connectivity index (χ3v) is 4.96. The third kappa shape index (κ3) is 2.84. The molecule has 0 saturated heterocycles. The molecule has 0 amide bonds. The maximum Gasteiger partial charge on any atom is 0.205 e. The van der Waals surface area contributed by atoms with E-state index in [-0.39, 0.29) is 17.1 Å². The first kappa shape index (κ1) is 17.3. The monoisotopic (exact) mass is 340 g/mol. The fourth-order valence-electron chi connectivity index (χ4n) is 3.78. The highest BCUT2D eigenvalue weighted by Crippen LogP contribution is 2.48. The number of aromatic nitrogens is 2. The number of aryl methyl sites for hydroxylation is 1. The third-order valence-electron chi connectivity index (χ3n) is 4.96. The van der Waals surface area contributed by atoms with Crippen molar-refractivity contribution in [1.29, 1.82) is 5.26 Å². The van der Waals surface area contributed by atoms with Crippen LogP contribution in [0, 0.1) is 23.7 Å². The Kier molecular flexibility index (Phi) is 4.19. The van der Waals surface area contributed by atoms with Crippen LogP contribution in [0.3, 0.4) is 0 Å². The molecule has 0 saturated carbocycles. The van der Waals surface area contributed by atoms with Crippen LogP contribution in [0.15, 0.2) is 29.0 Å². The Labute approximate surface area is 147 Å². The molecule has 1 aliphatic carbocycles. The lowest BCUT2D eigenvalue weighted by molar-refractivity contribution is -0.119. The number of rotatable bonds is 3. The number of carbonyl (C=O) groups is 1. The smallest absolute Gasteiger partial charge is 0.205 e. The van der Waals surface area contributed by atoms with Crippen LogP contribution in [0.2, 0.25) is 0 Å². The molecule has 132 valence electrons. The molecule has 6 nitrogen and oxygen atoms in total. The summed E-state index contributed by atoms with van der Waals surface area (Å²) in [5, 5.41) is 14.1. The maximum absolute atomic E-state index is 12.9. The number of ether oxygens (including phenoxy) is 1. The predicted octanol–water partition coefficient (Wildman–Crippen LogP) is 3.05. The second-order valence-electron chi connectivity index (χ2n) is 7.61. The zero-order valence-corrected chi connectivity index (χ0v) is 15.2. The standard InChI is InChI=1S/C19H24N4O2/c1-5-6-23-11(2)13(10-22-23)16-12(9-20)18(21)25-15-8-19(3,4)7-14(24)17(15)16/h10,16H,5-8,21H2,1-4H3/t16-/m0/s1. The van der Waals surface area contributed by atoms with E-state index in [4.69, 9.17) is 10.5 Å². The van der Waals surface area contributed by atoms with Crippen LogP contribution in [0.4, 0.5) is 0 Å². The first-order valence-corrected chi connectivity index (χ1v) is 8.65. The summed E-state index contributed by atoms with van der Waals surface area (Å²) in [6.45, 7) is 8.93. The van der Waals surface area contributed by atoms with Crippen molar-refractivity contribution in [2.24, 2.45) is 11.1 Å². The Morgan fingerprint density at radius 3 is 2.84 bits per heavy atom. The first-order chi connectivity index (χ1) is 11.8. The minimum absolute atomic E-state index is 0.0270. The van der Waals surface area contributed by atoms with Crippen molar-refractivity contribution in [2.75, 3.05) is 0 Å². The normalized spacial score (nSPS) is 22.5. The Hall–Kier alpha value is -2.55. The zero-order chi connectivity index (χ0) is 18.4. The van der Waals surface area contributed by atoms with Gasteiger partial charge in [0, 0.05) is 36.2 Å². The number of allylic oxidation sites excluding steroid dienone is 3. The SMILES string of the molecule is CCCn1ncc([C@@H]2C(C#N)=C(N)OC3=C2C(=O)CC(C)(C)C3)c1C. The van der Waals surface area contributed by atoms with Gasteiger partial charge in [-0.05, 0) is 18.8 Å². The van der Waals surface area contributed by atoms with Crippen molar-refractivity contribution >= 4 is 5.78 Å². The summed E-state index contributed by atoms with van der Waals surface area (Å²) in [4.78, 5) is 12.9. The van der Waals surface area contributed by atoms with Gasteiger partial charge < -0.3 is 10.5 Å². The van der Waals surface area contributed by atoms with Crippen LogP contribution in [0.25, 0.3) is 0 Å². The zero-order valence-electron chi connectivity index (χ0n) is 15.2. The summed E-state index contributed by atoms with van der Waals surface area (Å²) in [6, 6.07) is 2.15. The van der Waals surface area contributed by atoms with E-state index in [9.17, 15) is 10.1 Å². The van der Waals surface area contributed by atoms with E-state index in [0.29, 0.717) is 29.7 Å². The van der Waals surface area contributed by atoms with E-state index in [1.807, 2.05) is 25.5 Å². The Morgan fingerprint density at radius 2 is 2.20 bits per heavy atom. The average molecular weight is 340 g/mol. The second-order valence-corrected chi connectivity index (χ2v) is 7.61. The molecule has 0 aromatic carbocycles. The van der Waals surface area contributed by atoms with E-state index in [2.05, 4.69) is 18.1 Å². The number of carbonyl (C=O) groups excluding carboxylic acids is 1. The summed E-state index contributed by atoms with van der Waals surface area (Å²) in [7, 11) is 0. The van der Waals surface area contributed by atoms with Crippen molar-refractivity contribution in [2.45, 2.75) is 59.4 Å². The quantitative estimate of drug-likeness (QED) is 0.912. The first-order valence-electron chi connectivity index (χ1n) is 8.65. The molecule has 0 radical (unpaired) electrons. The van der Waals surface area contributed by atoms with Gasteiger partial charge in [0.15, 0.2) is 5.78 Å². The van der Waals surface area contributed by atoms with Gasteiger partial charge in [-0.1, -0.05) is 20.8 Å². The molecule has 2 N–H and O–H groups in total. The molecule has 3 rings (SSSR count). The van der Waals surface area contributed by atoms with Crippen LogP contribution < -0.4 is 5.73 Å². The Balaban J connectivity index is 2.17. The topological polar surface area (TPSA) is 93.9 Å². The van der Waals surface area contributed by atoms with Gasteiger partial charge >= 0.3 is 0 Å². The van der Waals surface area contributed by atoms with Crippen LogP contribution in [-0.4, -0.2) is 15.6 Å². The average Bonchev–Trinajstić information content (AvgIpc) is 2.86. The molecular weight excluding hydrogens is 316 g/mol. The summed E-state index contributed by atoms with van der Waals surface area (Å²) in [5.74, 6) is 0.242. The maximum atomic E-state index is 12.9. The van der Waals surface area contributed by atoms with Crippen molar-refractivity contribution < 1.29 is 9.53 Å². The number of ketones is 1. The Bertz CT molecular complexity index is 836. The number of nitrogens with two attached hydrogens (primary N) is 1. The molecule has 6 heteroatoms. The van der Waals surface area contributed by atoms with Crippen molar-refractivity contribution in [3.8, 4) is 6.07 Å². The predicted molar refractivity (Wildman–Crippen MR) is 93.0 cm³/mol. The molecule has 0 spiro atoms. The van der Waals surface area contributed by atoms with Crippen molar-refractivity contribution in [3.05, 3.63) is 40.2 Å². The number of nitrogens with zero attached hydrogens (tertiary/aromatic N) is 3. The van der Waals surface area contributed by atoms with Crippen molar-refractivity contribution in [1.82, 2.24) is 9.78 Å². The highest BCUT2D eigenvalue weighted by molar-refractivity contribution is 6.00. The lowest BCUT2D eigenvalue weighted by atomic mass is 9.70. The van der Waals surface area contributed by atoms with E-state index < -0.39 is 5.92 Å². The molecule has 1 aromatic heterocycles. The van der Waals surface area contributed by atoms with Gasteiger partial charge in [0.25, 0.3) is 0 Å². The van der Waals surface area contributed by atoms with E-state index >= 15 is 0 Å². The van der Waals surface area contributed by atoms with Crippen LogP contribution in [0.5, 0.6) is 0 Å². The largest absolute Gasteiger partial charge is 0.444 e. The van der Waals surface area contributed by atoms with Gasteiger partial charge in [0.2, 0.25) is 5.88 Å². The molecule has 0 fully saturated rings. The molecule has 1 aromatic rings. The summed E-state index contributed by atoms with van der Waals surface area (Å²) in [6.07, 6.45) is 3.78. The van der Waals surface area contributed by atoms with Gasteiger partial charge in [-0.2, -0.15) is 10.4 Å². The van der Waals surface area contributed by atoms with E-state index in [0.717, 1.165) is 24.2 Å². The lowest BCUT2D eigenvalue weighted by Crippen LogP contribution is -2.33. The summed E-state index contributed by atoms with van der Waals surface area (Å²) < 4.78 is 7.62. The van der Waals surface area contributed by atoms with Gasteiger partial charge in [-0.25, -0.2) is 0 Å². The van der Waals surface area contributed by atoms with Crippen LogP contribution >= 0.6 is 0 Å². The fourth-order valence-corrected chi connectivity index (χ4v) is 3.78. The van der Waals surface area contributed by atoms with E-state index in [1.54, 1.807) is 6.20 Å². The minimum atomic E-state index is -0.483. The molecule has 25 heavy (non-hydrogen) atoms. The van der Waals surface area contributed by atoms with Gasteiger partial charge in [0.05, 0.1) is 12.1 Å².